The second kappa shape index (κ2) is 7.16. The summed E-state index contributed by atoms with van der Waals surface area (Å²) in [6, 6.07) is 12.4. The van der Waals surface area contributed by atoms with E-state index in [0.717, 1.165) is 25.4 Å². The van der Waals surface area contributed by atoms with Gasteiger partial charge in [-0.15, -0.1) is 11.3 Å². The molecule has 0 saturated heterocycles. The normalized spacial score (nSPS) is 10.4. The highest BCUT2D eigenvalue weighted by atomic mass is 32.1. The summed E-state index contributed by atoms with van der Waals surface area (Å²) in [5, 5.41) is 5.57. The van der Waals surface area contributed by atoms with E-state index in [1.807, 2.05) is 12.1 Å². The Hall–Kier alpha value is -1.52. The third-order valence-electron chi connectivity index (χ3n) is 3.02. The van der Waals surface area contributed by atoms with Crippen LogP contribution in [0.5, 0.6) is 5.75 Å². The van der Waals surface area contributed by atoms with Gasteiger partial charge in [-0.3, -0.25) is 0 Å². The molecular formula is C15H20N2OS. The molecule has 0 saturated carbocycles. The van der Waals surface area contributed by atoms with Crippen LogP contribution in [0.25, 0.3) is 0 Å². The molecule has 2 rings (SSSR count). The monoisotopic (exact) mass is 276 g/mol. The predicted molar refractivity (Wildman–Crippen MR) is 82.3 cm³/mol. The molecule has 19 heavy (non-hydrogen) atoms. The van der Waals surface area contributed by atoms with Gasteiger partial charge in [0.15, 0.2) is 0 Å². The second-order valence-corrected chi connectivity index (χ2v) is 5.41. The van der Waals surface area contributed by atoms with E-state index in [1.54, 1.807) is 18.4 Å². The topological polar surface area (TPSA) is 24.5 Å². The standard InChI is InChI=1S/C15H20N2OS/c1-17(13-5-7-14(18-2)8-6-13)10-9-16-12-15-4-3-11-19-15/h3-8,11,16H,9-10,12H2,1-2H3. The van der Waals surface area contributed by atoms with Crippen molar-refractivity contribution in [1.29, 1.82) is 0 Å². The molecule has 0 spiro atoms. The molecule has 0 unspecified atom stereocenters. The van der Waals surface area contributed by atoms with Crippen molar-refractivity contribution in [2.24, 2.45) is 0 Å². The molecule has 2 aromatic rings. The van der Waals surface area contributed by atoms with Gasteiger partial charge in [-0.25, -0.2) is 0 Å². The van der Waals surface area contributed by atoms with Crippen LogP contribution in [0.1, 0.15) is 4.88 Å². The maximum absolute atomic E-state index is 5.16. The lowest BCUT2D eigenvalue weighted by Crippen LogP contribution is -2.28. The average Bonchev–Trinajstić information content (AvgIpc) is 2.96. The minimum absolute atomic E-state index is 0.896. The summed E-state index contributed by atoms with van der Waals surface area (Å²) in [5.41, 5.74) is 1.21. The number of nitrogens with one attached hydrogen (secondary N) is 1. The van der Waals surface area contributed by atoms with Crippen molar-refractivity contribution in [1.82, 2.24) is 5.32 Å². The Bertz CT molecular complexity index is 467. The fraction of sp³-hybridized carbons (Fsp3) is 0.333. The van der Waals surface area contributed by atoms with Gasteiger partial charge in [0.2, 0.25) is 0 Å². The number of hydrogen-bond donors (Lipinski definition) is 1. The number of benzene rings is 1. The van der Waals surface area contributed by atoms with Gasteiger partial charge in [0.25, 0.3) is 0 Å². The highest BCUT2D eigenvalue weighted by molar-refractivity contribution is 7.09. The quantitative estimate of drug-likeness (QED) is 0.787. The molecule has 0 bridgehead atoms. The van der Waals surface area contributed by atoms with E-state index in [9.17, 15) is 0 Å². The highest BCUT2D eigenvalue weighted by Gasteiger charge is 2.01. The molecule has 0 aliphatic rings. The highest BCUT2D eigenvalue weighted by Crippen LogP contribution is 2.17. The zero-order chi connectivity index (χ0) is 13.5. The number of anilines is 1. The molecule has 0 radical (unpaired) electrons. The van der Waals surface area contributed by atoms with Crippen LogP contribution in [0.2, 0.25) is 0 Å². The lowest BCUT2D eigenvalue weighted by molar-refractivity contribution is 0.415. The zero-order valence-corrected chi connectivity index (χ0v) is 12.2. The Labute approximate surface area is 118 Å². The van der Waals surface area contributed by atoms with E-state index in [2.05, 4.69) is 46.9 Å². The van der Waals surface area contributed by atoms with Gasteiger partial charge in [0.1, 0.15) is 5.75 Å². The third-order valence-corrected chi connectivity index (χ3v) is 3.89. The minimum Gasteiger partial charge on any atom is -0.497 e. The molecule has 4 heteroatoms. The fourth-order valence-corrected chi connectivity index (χ4v) is 2.51. The number of hydrogen-bond acceptors (Lipinski definition) is 4. The number of methoxy groups -OCH3 is 1. The Morgan fingerprint density at radius 2 is 2.00 bits per heavy atom. The summed E-state index contributed by atoms with van der Waals surface area (Å²) >= 11 is 1.79. The molecule has 0 fully saturated rings. The number of rotatable bonds is 7. The van der Waals surface area contributed by atoms with E-state index in [0.29, 0.717) is 0 Å². The zero-order valence-electron chi connectivity index (χ0n) is 11.4. The van der Waals surface area contributed by atoms with Crippen molar-refractivity contribution in [3.63, 3.8) is 0 Å². The van der Waals surface area contributed by atoms with Gasteiger partial charge in [0.05, 0.1) is 7.11 Å². The van der Waals surface area contributed by atoms with Gasteiger partial charge < -0.3 is 15.0 Å². The SMILES string of the molecule is COc1ccc(N(C)CCNCc2cccs2)cc1. The van der Waals surface area contributed by atoms with E-state index in [4.69, 9.17) is 4.74 Å². The second-order valence-electron chi connectivity index (χ2n) is 4.38. The van der Waals surface area contributed by atoms with Crippen molar-refractivity contribution in [3.05, 3.63) is 46.7 Å². The van der Waals surface area contributed by atoms with Gasteiger partial charge in [0, 0.05) is 37.2 Å². The van der Waals surface area contributed by atoms with Gasteiger partial charge in [-0.2, -0.15) is 0 Å². The van der Waals surface area contributed by atoms with Crippen LogP contribution in [0, 0.1) is 0 Å². The van der Waals surface area contributed by atoms with Crippen molar-refractivity contribution >= 4 is 17.0 Å². The molecule has 1 N–H and O–H groups in total. The summed E-state index contributed by atoms with van der Waals surface area (Å²) < 4.78 is 5.16. The molecular weight excluding hydrogens is 256 g/mol. The molecule has 0 atom stereocenters. The van der Waals surface area contributed by atoms with Crippen LogP contribution in [0.4, 0.5) is 5.69 Å². The Kier molecular flexibility index (Phi) is 5.24. The van der Waals surface area contributed by atoms with E-state index in [1.165, 1.54) is 10.6 Å². The van der Waals surface area contributed by atoms with Crippen molar-refractivity contribution in [2.75, 3.05) is 32.1 Å². The van der Waals surface area contributed by atoms with E-state index in [-0.39, 0.29) is 0 Å². The van der Waals surface area contributed by atoms with Crippen molar-refractivity contribution in [2.45, 2.75) is 6.54 Å². The number of thiophene rings is 1. The Morgan fingerprint density at radius 3 is 2.63 bits per heavy atom. The van der Waals surface area contributed by atoms with Crippen LogP contribution in [-0.2, 0) is 6.54 Å². The number of ether oxygens (including phenoxy) is 1. The van der Waals surface area contributed by atoms with Crippen LogP contribution >= 0.6 is 11.3 Å². The maximum Gasteiger partial charge on any atom is 0.119 e. The van der Waals surface area contributed by atoms with Crippen LogP contribution in [0.3, 0.4) is 0 Å². The lowest BCUT2D eigenvalue weighted by Gasteiger charge is -2.19. The lowest BCUT2D eigenvalue weighted by atomic mass is 10.3. The van der Waals surface area contributed by atoms with Gasteiger partial charge in [-0.1, -0.05) is 6.07 Å². The summed E-state index contributed by atoms with van der Waals surface area (Å²) in [4.78, 5) is 3.62. The molecule has 0 aliphatic carbocycles. The largest absolute Gasteiger partial charge is 0.497 e. The predicted octanol–water partition coefficient (Wildman–Crippen LogP) is 2.98. The molecule has 3 nitrogen and oxygen atoms in total. The molecule has 0 aliphatic heterocycles. The van der Waals surface area contributed by atoms with Crippen LogP contribution in [0.15, 0.2) is 41.8 Å². The molecule has 0 amide bonds. The van der Waals surface area contributed by atoms with Crippen molar-refractivity contribution in [3.8, 4) is 5.75 Å². The van der Waals surface area contributed by atoms with E-state index < -0.39 is 0 Å². The number of nitrogens with zero attached hydrogens (tertiary/aromatic N) is 1. The third kappa shape index (κ3) is 4.26. The summed E-state index contributed by atoms with van der Waals surface area (Å²) in [6.07, 6.45) is 0. The molecule has 1 aromatic heterocycles. The van der Waals surface area contributed by atoms with Gasteiger partial charge >= 0.3 is 0 Å². The number of likely N-dealkylation sites (N-methyl/N-ethyl adjacent to an activating group) is 1. The Morgan fingerprint density at radius 1 is 1.21 bits per heavy atom. The first-order valence-corrected chi connectivity index (χ1v) is 7.26. The van der Waals surface area contributed by atoms with Crippen LogP contribution < -0.4 is 15.0 Å². The summed E-state index contributed by atoms with van der Waals surface area (Å²) in [6.45, 7) is 2.91. The molecule has 1 heterocycles. The van der Waals surface area contributed by atoms with Crippen LogP contribution in [-0.4, -0.2) is 27.2 Å². The Balaban J connectivity index is 1.72. The maximum atomic E-state index is 5.16. The van der Waals surface area contributed by atoms with E-state index >= 15 is 0 Å². The average molecular weight is 276 g/mol. The molecule has 102 valence electrons. The first-order valence-electron chi connectivity index (χ1n) is 6.38. The summed E-state index contributed by atoms with van der Waals surface area (Å²) in [7, 11) is 3.79. The molecule has 1 aromatic carbocycles. The first-order chi connectivity index (χ1) is 9.29. The first kappa shape index (κ1) is 13.9. The summed E-state index contributed by atoms with van der Waals surface area (Å²) in [5.74, 6) is 0.896. The van der Waals surface area contributed by atoms with Gasteiger partial charge in [-0.05, 0) is 35.7 Å². The smallest absolute Gasteiger partial charge is 0.119 e. The fourth-order valence-electron chi connectivity index (χ4n) is 1.84. The minimum atomic E-state index is 0.896. The van der Waals surface area contributed by atoms with Crippen molar-refractivity contribution < 1.29 is 4.74 Å².